The first-order valence-electron chi connectivity index (χ1n) is 7.02. The van der Waals surface area contributed by atoms with Crippen molar-refractivity contribution in [2.24, 2.45) is 11.7 Å². The van der Waals surface area contributed by atoms with Crippen molar-refractivity contribution < 1.29 is 4.79 Å². The molecule has 1 aromatic carbocycles. The van der Waals surface area contributed by atoms with Gasteiger partial charge < -0.3 is 15.6 Å². The van der Waals surface area contributed by atoms with Crippen LogP contribution in [0.5, 0.6) is 0 Å². The fraction of sp³-hybridized carbons (Fsp3) is 0.467. The van der Waals surface area contributed by atoms with Crippen LogP contribution in [0.1, 0.15) is 19.7 Å². The molecule has 5 heteroatoms. The number of amides is 1. The lowest BCUT2D eigenvalue weighted by atomic mass is 10.2. The molecule has 0 unspecified atom stereocenters. The van der Waals surface area contributed by atoms with E-state index in [9.17, 15) is 4.79 Å². The van der Waals surface area contributed by atoms with Gasteiger partial charge in [0.25, 0.3) is 0 Å². The van der Waals surface area contributed by atoms with Gasteiger partial charge in [0, 0.05) is 13.0 Å². The lowest BCUT2D eigenvalue weighted by Crippen LogP contribution is -2.31. The molecule has 1 aromatic heterocycles. The average molecular weight is 274 g/mol. The minimum absolute atomic E-state index is 0.0140. The van der Waals surface area contributed by atoms with Crippen molar-refractivity contribution in [3.05, 3.63) is 30.1 Å². The largest absolute Gasteiger partial charge is 0.354 e. The van der Waals surface area contributed by atoms with E-state index < -0.39 is 0 Å². The van der Waals surface area contributed by atoms with E-state index >= 15 is 0 Å². The Kier molecular flexibility index (Phi) is 4.74. The van der Waals surface area contributed by atoms with Crippen LogP contribution < -0.4 is 11.1 Å². The van der Waals surface area contributed by atoms with E-state index in [1.54, 1.807) is 0 Å². The fourth-order valence-corrected chi connectivity index (χ4v) is 2.14. The van der Waals surface area contributed by atoms with Crippen molar-refractivity contribution in [1.29, 1.82) is 0 Å². The molecule has 2 rings (SSSR count). The fourth-order valence-electron chi connectivity index (χ4n) is 2.14. The molecule has 0 saturated carbocycles. The summed E-state index contributed by atoms with van der Waals surface area (Å²) in [5.74, 6) is 1.33. The smallest absolute Gasteiger partial charge is 0.240 e. The van der Waals surface area contributed by atoms with Gasteiger partial charge in [0.15, 0.2) is 0 Å². The van der Waals surface area contributed by atoms with Crippen LogP contribution in [0.3, 0.4) is 0 Å². The number of carbonyl (C=O) groups is 1. The molecule has 0 aliphatic rings. The van der Waals surface area contributed by atoms with Crippen LogP contribution in [0.4, 0.5) is 0 Å². The number of imidazole rings is 1. The minimum Gasteiger partial charge on any atom is -0.354 e. The number of hydrogen-bond donors (Lipinski definition) is 2. The summed E-state index contributed by atoms with van der Waals surface area (Å²) in [7, 11) is 0. The van der Waals surface area contributed by atoms with Gasteiger partial charge in [-0.15, -0.1) is 0 Å². The van der Waals surface area contributed by atoms with E-state index in [4.69, 9.17) is 5.73 Å². The van der Waals surface area contributed by atoms with E-state index in [-0.39, 0.29) is 5.91 Å². The lowest BCUT2D eigenvalue weighted by molar-refractivity contribution is -0.121. The number of rotatable bonds is 6. The zero-order chi connectivity index (χ0) is 14.5. The molecule has 0 aliphatic heterocycles. The second kappa shape index (κ2) is 6.52. The molecule has 0 aliphatic carbocycles. The standard InChI is InChI=1S/C15H22N4O/c1-11(2)9-17-15(20)10-19-13-6-4-3-5-12(13)18-14(19)7-8-16/h3-6,11H,7-10,16H2,1-2H3,(H,17,20). The average Bonchev–Trinajstić information content (AvgIpc) is 2.75. The van der Waals surface area contributed by atoms with Crippen molar-refractivity contribution in [2.75, 3.05) is 13.1 Å². The molecule has 5 nitrogen and oxygen atoms in total. The zero-order valence-electron chi connectivity index (χ0n) is 12.1. The minimum atomic E-state index is 0.0140. The van der Waals surface area contributed by atoms with Crippen molar-refractivity contribution in [2.45, 2.75) is 26.8 Å². The van der Waals surface area contributed by atoms with Gasteiger partial charge in [-0.1, -0.05) is 26.0 Å². The Labute approximate surface area is 119 Å². The van der Waals surface area contributed by atoms with Crippen molar-refractivity contribution >= 4 is 16.9 Å². The van der Waals surface area contributed by atoms with Crippen molar-refractivity contribution in [3.63, 3.8) is 0 Å². The molecule has 2 aromatic rings. The number of nitrogens with zero attached hydrogens (tertiary/aromatic N) is 2. The van der Waals surface area contributed by atoms with E-state index in [0.717, 1.165) is 16.9 Å². The van der Waals surface area contributed by atoms with Crippen molar-refractivity contribution in [3.8, 4) is 0 Å². The highest BCUT2D eigenvalue weighted by Crippen LogP contribution is 2.16. The number of para-hydroxylation sites is 2. The highest BCUT2D eigenvalue weighted by Gasteiger charge is 2.12. The second-order valence-corrected chi connectivity index (χ2v) is 5.34. The van der Waals surface area contributed by atoms with E-state index in [0.29, 0.717) is 32.0 Å². The third-order valence-electron chi connectivity index (χ3n) is 3.11. The number of benzene rings is 1. The number of nitrogens with two attached hydrogens (primary N) is 1. The predicted octanol–water partition coefficient (Wildman–Crippen LogP) is 1.31. The summed E-state index contributed by atoms with van der Waals surface area (Å²) in [6.45, 7) is 5.66. The molecule has 0 radical (unpaired) electrons. The van der Waals surface area contributed by atoms with E-state index in [1.807, 2.05) is 28.8 Å². The number of aromatic nitrogens is 2. The first kappa shape index (κ1) is 14.5. The first-order chi connectivity index (χ1) is 9.61. The summed E-state index contributed by atoms with van der Waals surface area (Å²) in [6, 6.07) is 7.85. The molecule has 0 bridgehead atoms. The normalized spacial score (nSPS) is 11.2. The zero-order valence-corrected chi connectivity index (χ0v) is 12.1. The third kappa shape index (κ3) is 3.36. The molecular weight excluding hydrogens is 252 g/mol. The summed E-state index contributed by atoms with van der Waals surface area (Å²) in [5, 5.41) is 2.94. The van der Waals surface area contributed by atoms with Crippen LogP contribution in [0, 0.1) is 5.92 Å². The van der Waals surface area contributed by atoms with Gasteiger partial charge in [0.1, 0.15) is 12.4 Å². The van der Waals surface area contributed by atoms with Crippen LogP contribution in [0.2, 0.25) is 0 Å². The van der Waals surface area contributed by atoms with Gasteiger partial charge in [0.05, 0.1) is 11.0 Å². The first-order valence-corrected chi connectivity index (χ1v) is 7.02. The number of carbonyl (C=O) groups excluding carboxylic acids is 1. The molecule has 0 spiro atoms. The highest BCUT2D eigenvalue weighted by atomic mass is 16.1. The van der Waals surface area contributed by atoms with Crippen LogP contribution in [-0.4, -0.2) is 28.5 Å². The number of fused-ring (bicyclic) bond motifs is 1. The summed E-state index contributed by atoms with van der Waals surface area (Å²) in [6.07, 6.45) is 0.673. The number of hydrogen-bond acceptors (Lipinski definition) is 3. The highest BCUT2D eigenvalue weighted by molar-refractivity contribution is 5.81. The summed E-state index contributed by atoms with van der Waals surface area (Å²) >= 11 is 0. The number of nitrogens with one attached hydrogen (secondary N) is 1. The molecular formula is C15H22N4O. The molecule has 0 atom stereocenters. The van der Waals surface area contributed by atoms with Gasteiger partial charge in [-0.05, 0) is 24.6 Å². The molecule has 0 fully saturated rings. The Bertz CT molecular complexity index is 589. The van der Waals surface area contributed by atoms with Gasteiger partial charge in [-0.25, -0.2) is 4.98 Å². The summed E-state index contributed by atoms with van der Waals surface area (Å²) in [5.41, 5.74) is 7.52. The Morgan fingerprint density at radius 1 is 1.40 bits per heavy atom. The molecule has 0 saturated heterocycles. The third-order valence-corrected chi connectivity index (χ3v) is 3.11. The van der Waals surface area contributed by atoms with Gasteiger partial charge >= 0.3 is 0 Å². The maximum absolute atomic E-state index is 12.0. The molecule has 3 N–H and O–H groups in total. The lowest BCUT2D eigenvalue weighted by Gasteiger charge is -2.11. The van der Waals surface area contributed by atoms with E-state index in [2.05, 4.69) is 24.1 Å². The summed E-state index contributed by atoms with van der Waals surface area (Å²) < 4.78 is 1.96. The molecule has 1 heterocycles. The maximum atomic E-state index is 12.0. The van der Waals surface area contributed by atoms with Crippen LogP contribution in [0.25, 0.3) is 11.0 Å². The molecule has 108 valence electrons. The Hall–Kier alpha value is -1.88. The Morgan fingerprint density at radius 3 is 2.85 bits per heavy atom. The Morgan fingerprint density at radius 2 is 2.15 bits per heavy atom. The van der Waals surface area contributed by atoms with Crippen LogP contribution in [-0.2, 0) is 17.8 Å². The van der Waals surface area contributed by atoms with Crippen LogP contribution >= 0.6 is 0 Å². The van der Waals surface area contributed by atoms with Gasteiger partial charge in [-0.3, -0.25) is 4.79 Å². The molecule has 20 heavy (non-hydrogen) atoms. The monoisotopic (exact) mass is 274 g/mol. The second-order valence-electron chi connectivity index (χ2n) is 5.34. The van der Waals surface area contributed by atoms with Crippen molar-refractivity contribution in [1.82, 2.24) is 14.9 Å². The maximum Gasteiger partial charge on any atom is 0.240 e. The SMILES string of the molecule is CC(C)CNC(=O)Cn1c(CCN)nc2ccccc21. The van der Waals surface area contributed by atoms with Crippen LogP contribution in [0.15, 0.2) is 24.3 Å². The van der Waals surface area contributed by atoms with E-state index in [1.165, 1.54) is 0 Å². The topological polar surface area (TPSA) is 72.9 Å². The summed E-state index contributed by atoms with van der Waals surface area (Å²) in [4.78, 5) is 16.6. The molecule has 1 amide bonds. The van der Waals surface area contributed by atoms with Gasteiger partial charge in [0.2, 0.25) is 5.91 Å². The quantitative estimate of drug-likeness (QED) is 0.834. The predicted molar refractivity (Wildman–Crippen MR) is 80.3 cm³/mol. The van der Waals surface area contributed by atoms with Gasteiger partial charge in [-0.2, -0.15) is 0 Å². The Balaban J connectivity index is 2.22.